The fourth-order valence-corrected chi connectivity index (χ4v) is 5.81. The van der Waals surface area contributed by atoms with Crippen molar-refractivity contribution >= 4 is 33.4 Å². The minimum Gasteiger partial charge on any atom is -0.496 e. The Balaban J connectivity index is 1.47. The number of methoxy groups -OCH3 is 1. The van der Waals surface area contributed by atoms with Gasteiger partial charge in [0.2, 0.25) is 0 Å². The second kappa shape index (κ2) is 11.0. The zero-order valence-corrected chi connectivity index (χ0v) is 20.7. The number of rotatable bonds is 8. The summed E-state index contributed by atoms with van der Waals surface area (Å²) in [5.41, 5.74) is 1.82. The molecule has 0 saturated carbocycles. The summed E-state index contributed by atoms with van der Waals surface area (Å²) in [5.74, 6) is 0.959. The number of thioether (sulfide) groups is 1. The summed E-state index contributed by atoms with van der Waals surface area (Å²) in [4.78, 5) is 16.0. The van der Waals surface area contributed by atoms with Crippen molar-refractivity contribution in [3.63, 3.8) is 0 Å². The van der Waals surface area contributed by atoms with Crippen LogP contribution in [0.2, 0.25) is 0 Å². The van der Waals surface area contributed by atoms with Gasteiger partial charge >= 0.3 is 0 Å². The lowest BCUT2D eigenvalue weighted by molar-refractivity contribution is 0.0720. The second-order valence-corrected chi connectivity index (χ2v) is 10.9. The van der Waals surface area contributed by atoms with Gasteiger partial charge in [-0.15, -0.1) is 11.8 Å². The van der Waals surface area contributed by atoms with E-state index in [4.69, 9.17) is 4.74 Å². The molecule has 1 N–H and O–H groups in total. The van der Waals surface area contributed by atoms with Crippen LogP contribution in [0.4, 0.5) is 5.69 Å². The van der Waals surface area contributed by atoms with E-state index in [1.165, 1.54) is 30.2 Å². The second-order valence-electron chi connectivity index (χ2n) is 8.12. The lowest BCUT2D eigenvalue weighted by Gasteiger charge is -2.27. The number of hydrogen-bond donors (Lipinski definition) is 1. The van der Waals surface area contributed by atoms with Crippen molar-refractivity contribution in [3.05, 3.63) is 83.9 Å². The molecule has 8 heteroatoms. The predicted octanol–water partition coefficient (Wildman–Crippen LogP) is 5.41. The molecule has 0 aromatic heterocycles. The molecule has 1 amide bonds. The van der Waals surface area contributed by atoms with Gasteiger partial charge in [-0.05, 0) is 67.3 Å². The largest absolute Gasteiger partial charge is 0.496 e. The molecular formula is C26H28N2O4S2. The van der Waals surface area contributed by atoms with Gasteiger partial charge in [-0.2, -0.15) is 0 Å². The van der Waals surface area contributed by atoms with Crippen molar-refractivity contribution in [2.45, 2.75) is 34.8 Å². The molecule has 1 aliphatic heterocycles. The van der Waals surface area contributed by atoms with Crippen LogP contribution in [0.5, 0.6) is 5.75 Å². The average molecular weight is 497 g/mol. The molecule has 0 bridgehead atoms. The number of anilines is 1. The topological polar surface area (TPSA) is 75.7 Å². The number of nitrogens with zero attached hydrogens (tertiary/aromatic N) is 1. The lowest BCUT2D eigenvalue weighted by Crippen LogP contribution is -2.35. The Bertz CT molecular complexity index is 1220. The molecule has 0 spiro atoms. The van der Waals surface area contributed by atoms with Crippen LogP contribution in [0, 0.1) is 0 Å². The fraction of sp³-hybridized carbons (Fsp3) is 0.269. The van der Waals surface area contributed by atoms with Crippen molar-refractivity contribution in [3.8, 4) is 5.75 Å². The predicted molar refractivity (Wildman–Crippen MR) is 136 cm³/mol. The molecule has 34 heavy (non-hydrogen) atoms. The molecule has 0 radical (unpaired) electrons. The van der Waals surface area contributed by atoms with Gasteiger partial charge in [0.15, 0.2) is 0 Å². The van der Waals surface area contributed by atoms with Crippen LogP contribution in [0.1, 0.15) is 35.2 Å². The summed E-state index contributed by atoms with van der Waals surface area (Å²) in [6, 6.07) is 21.8. The molecule has 4 rings (SSSR count). The van der Waals surface area contributed by atoms with Gasteiger partial charge < -0.3 is 9.64 Å². The van der Waals surface area contributed by atoms with Crippen molar-refractivity contribution in [1.29, 1.82) is 0 Å². The molecule has 3 aromatic carbocycles. The van der Waals surface area contributed by atoms with Gasteiger partial charge in [-0.25, -0.2) is 8.42 Å². The number of piperidine rings is 1. The van der Waals surface area contributed by atoms with Crippen LogP contribution >= 0.6 is 11.8 Å². The Morgan fingerprint density at radius 3 is 2.35 bits per heavy atom. The Morgan fingerprint density at radius 1 is 0.971 bits per heavy atom. The Kier molecular flexibility index (Phi) is 7.80. The van der Waals surface area contributed by atoms with Gasteiger partial charge in [-0.3, -0.25) is 9.52 Å². The molecule has 1 heterocycles. The monoisotopic (exact) mass is 496 g/mol. The minimum absolute atomic E-state index is 0.0253. The normalized spacial score (nSPS) is 14.0. The van der Waals surface area contributed by atoms with Crippen LogP contribution in [0.3, 0.4) is 0 Å². The highest BCUT2D eigenvalue weighted by Gasteiger charge is 2.24. The van der Waals surface area contributed by atoms with E-state index in [1.807, 2.05) is 30.3 Å². The molecule has 0 atom stereocenters. The molecule has 1 saturated heterocycles. The van der Waals surface area contributed by atoms with E-state index in [1.54, 1.807) is 28.8 Å². The first-order valence-corrected chi connectivity index (χ1v) is 13.7. The maximum atomic E-state index is 13.1. The number of benzene rings is 3. The maximum Gasteiger partial charge on any atom is 0.261 e. The number of amides is 1. The van der Waals surface area contributed by atoms with Gasteiger partial charge in [-0.1, -0.05) is 30.3 Å². The lowest BCUT2D eigenvalue weighted by atomic mass is 10.1. The first-order chi connectivity index (χ1) is 16.5. The van der Waals surface area contributed by atoms with Crippen LogP contribution in [-0.2, 0) is 15.8 Å². The van der Waals surface area contributed by atoms with Crippen LogP contribution in [-0.4, -0.2) is 39.4 Å². The standard InChI is InChI=1S/C26H28N2O4S2/c1-32-25-15-14-23(18-24(25)26(29)28-16-6-3-7-17-28)34(30,31)27-21-12-10-20(11-13-21)19-33-22-8-4-2-5-9-22/h2,4-5,8-15,18,27H,3,6-7,16-17,19H2,1H3. The van der Waals surface area contributed by atoms with Crippen molar-refractivity contribution in [2.24, 2.45) is 0 Å². The quantitative estimate of drug-likeness (QED) is 0.422. The Labute approximate surface area is 205 Å². The molecular weight excluding hydrogens is 468 g/mol. The van der Waals surface area contributed by atoms with E-state index in [0.717, 1.165) is 30.6 Å². The third-order valence-corrected chi connectivity index (χ3v) is 8.17. The Hall–Kier alpha value is -2.97. The summed E-state index contributed by atoms with van der Waals surface area (Å²) in [5, 5.41) is 0. The first-order valence-electron chi connectivity index (χ1n) is 11.2. The molecule has 1 aliphatic rings. The number of ether oxygens (including phenoxy) is 1. The van der Waals surface area contributed by atoms with Crippen LogP contribution in [0.15, 0.2) is 82.6 Å². The highest BCUT2D eigenvalue weighted by atomic mass is 32.2. The van der Waals surface area contributed by atoms with Crippen molar-refractivity contribution in [1.82, 2.24) is 4.90 Å². The first kappa shape index (κ1) is 24.2. The summed E-state index contributed by atoms with van der Waals surface area (Å²) < 4.78 is 34.1. The molecule has 1 fully saturated rings. The summed E-state index contributed by atoms with van der Waals surface area (Å²) in [7, 11) is -2.40. The van der Waals surface area contributed by atoms with E-state index in [-0.39, 0.29) is 16.4 Å². The SMILES string of the molecule is COc1ccc(S(=O)(=O)Nc2ccc(CSc3ccccc3)cc2)cc1C(=O)N1CCCCC1. The zero-order valence-electron chi connectivity index (χ0n) is 19.1. The minimum atomic E-state index is -3.87. The van der Waals surface area contributed by atoms with Gasteiger partial charge in [0.1, 0.15) is 5.75 Å². The molecule has 6 nitrogen and oxygen atoms in total. The van der Waals surface area contributed by atoms with Gasteiger partial charge in [0.05, 0.1) is 17.6 Å². The molecule has 0 aliphatic carbocycles. The van der Waals surface area contributed by atoms with E-state index < -0.39 is 10.0 Å². The number of carbonyl (C=O) groups is 1. The van der Waals surface area contributed by atoms with E-state index in [0.29, 0.717) is 24.5 Å². The number of carbonyl (C=O) groups excluding carboxylic acids is 1. The summed E-state index contributed by atoms with van der Waals surface area (Å²) in [6.45, 7) is 1.35. The smallest absolute Gasteiger partial charge is 0.261 e. The number of likely N-dealkylation sites (tertiary alicyclic amines) is 1. The van der Waals surface area contributed by atoms with E-state index in [9.17, 15) is 13.2 Å². The molecule has 178 valence electrons. The number of hydrogen-bond acceptors (Lipinski definition) is 5. The van der Waals surface area contributed by atoms with Crippen LogP contribution < -0.4 is 9.46 Å². The molecule has 3 aromatic rings. The van der Waals surface area contributed by atoms with Crippen molar-refractivity contribution < 1.29 is 17.9 Å². The highest BCUT2D eigenvalue weighted by Crippen LogP contribution is 2.27. The van der Waals surface area contributed by atoms with Gasteiger partial charge in [0.25, 0.3) is 15.9 Å². The van der Waals surface area contributed by atoms with E-state index >= 15 is 0 Å². The fourth-order valence-electron chi connectivity index (χ4n) is 3.86. The number of sulfonamides is 1. The van der Waals surface area contributed by atoms with Crippen LogP contribution in [0.25, 0.3) is 0 Å². The van der Waals surface area contributed by atoms with E-state index in [2.05, 4.69) is 16.9 Å². The highest BCUT2D eigenvalue weighted by molar-refractivity contribution is 7.98. The maximum absolute atomic E-state index is 13.1. The molecule has 0 unspecified atom stereocenters. The average Bonchev–Trinajstić information content (AvgIpc) is 2.88. The summed E-state index contributed by atoms with van der Waals surface area (Å²) in [6.07, 6.45) is 3.00. The third-order valence-electron chi connectivity index (χ3n) is 5.71. The van der Waals surface area contributed by atoms with Gasteiger partial charge in [0, 0.05) is 29.4 Å². The summed E-state index contributed by atoms with van der Waals surface area (Å²) >= 11 is 1.72. The Morgan fingerprint density at radius 2 is 1.68 bits per heavy atom. The third kappa shape index (κ3) is 5.93. The van der Waals surface area contributed by atoms with Crippen molar-refractivity contribution in [2.75, 3.05) is 24.9 Å². The number of nitrogens with one attached hydrogen (secondary N) is 1. The zero-order chi connectivity index (χ0) is 24.0.